The van der Waals surface area contributed by atoms with Crippen LogP contribution in [0, 0.1) is 0 Å². The molecule has 6 heteroatoms. The molecule has 0 spiro atoms. The molecule has 0 saturated carbocycles. The zero-order chi connectivity index (χ0) is 59.2. The molecule has 0 fully saturated rings. The summed E-state index contributed by atoms with van der Waals surface area (Å²) in [5.74, 6) is -0.960. The molecule has 0 bridgehead atoms. The maximum absolute atomic E-state index is 12.9. The number of unbranched alkanes of at least 4 members (excludes halogenated alkanes) is 22. The minimum absolute atomic E-state index is 0.105. The van der Waals surface area contributed by atoms with Crippen LogP contribution in [0.5, 0.6) is 0 Å². The second-order valence-electron chi connectivity index (χ2n) is 21.6. The summed E-state index contributed by atoms with van der Waals surface area (Å²) in [4.78, 5) is 38.4. The van der Waals surface area contributed by atoms with Gasteiger partial charge in [-0.3, -0.25) is 14.4 Å². The maximum atomic E-state index is 12.9. The molecule has 1 atom stereocenters. The number of esters is 3. The fourth-order valence-corrected chi connectivity index (χ4v) is 8.80. The molecule has 0 amide bonds. The third kappa shape index (κ3) is 65.8. The molecule has 1 unspecified atom stereocenters. The van der Waals surface area contributed by atoms with Crippen molar-refractivity contribution in [1.82, 2.24) is 0 Å². The van der Waals surface area contributed by atoms with Crippen molar-refractivity contribution < 1.29 is 28.6 Å². The molecular formula is C76H122O6. The van der Waals surface area contributed by atoms with Crippen molar-refractivity contribution in [1.29, 1.82) is 0 Å². The molecule has 0 radical (unpaired) electrons. The monoisotopic (exact) mass is 1130 g/mol. The molecule has 0 rings (SSSR count). The van der Waals surface area contributed by atoms with Gasteiger partial charge in [-0.05, 0) is 148 Å². The van der Waals surface area contributed by atoms with Gasteiger partial charge in [-0.1, -0.05) is 275 Å². The number of ether oxygens (including phenoxy) is 3. The van der Waals surface area contributed by atoms with Gasteiger partial charge in [0.2, 0.25) is 0 Å². The van der Waals surface area contributed by atoms with E-state index in [1.54, 1.807) is 0 Å². The molecule has 0 saturated heterocycles. The van der Waals surface area contributed by atoms with Crippen molar-refractivity contribution >= 4 is 17.9 Å². The molecule has 0 heterocycles. The normalized spacial score (nSPS) is 13.2. The number of allylic oxidation sites excluding steroid dienone is 26. The summed E-state index contributed by atoms with van der Waals surface area (Å²) in [6.45, 7) is 6.37. The number of carbonyl (C=O) groups is 3. The predicted octanol–water partition coefficient (Wildman–Crippen LogP) is 23.3. The Balaban J connectivity index is 4.53. The summed E-state index contributed by atoms with van der Waals surface area (Å²) in [5, 5.41) is 0. The van der Waals surface area contributed by atoms with E-state index in [1.165, 1.54) is 83.5 Å². The van der Waals surface area contributed by atoms with Crippen LogP contribution in [0.15, 0.2) is 158 Å². The number of hydrogen-bond donors (Lipinski definition) is 0. The lowest BCUT2D eigenvalue weighted by Gasteiger charge is -2.18. The first-order valence-electron chi connectivity index (χ1n) is 33.5. The first-order valence-corrected chi connectivity index (χ1v) is 33.5. The molecule has 82 heavy (non-hydrogen) atoms. The van der Waals surface area contributed by atoms with E-state index >= 15 is 0 Å². The van der Waals surface area contributed by atoms with Crippen molar-refractivity contribution in [2.45, 2.75) is 290 Å². The topological polar surface area (TPSA) is 78.9 Å². The third-order valence-electron chi connectivity index (χ3n) is 13.7. The van der Waals surface area contributed by atoms with Gasteiger partial charge < -0.3 is 14.2 Å². The minimum atomic E-state index is -0.815. The Labute approximate surface area is 505 Å². The SMILES string of the molecule is CC/C=C\C/C=C\C/C=C\C/C=C\C/C=C\C/C=C\CCCCCCC(=O)OCC(COC(=O)CCCCCCCCC/C=C\CCCCCCCCC)OC(=O)CCCCCC/C=C\C/C=C\C/C=C\C/C=C\C/C=C\C/C=C\CC. The average molecular weight is 1130 g/mol. The number of hydrogen-bond acceptors (Lipinski definition) is 6. The minimum Gasteiger partial charge on any atom is -0.462 e. The van der Waals surface area contributed by atoms with E-state index in [4.69, 9.17) is 14.2 Å². The summed E-state index contributed by atoms with van der Waals surface area (Å²) in [5.41, 5.74) is 0. The molecule has 0 N–H and O–H groups in total. The van der Waals surface area contributed by atoms with Crippen molar-refractivity contribution in [3.05, 3.63) is 158 Å². The average Bonchev–Trinajstić information content (AvgIpc) is 3.47. The van der Waals surface area contributed by atoms with Crippen molar-refractivity contribution in [2.24, 2.45) is 0 Å². The van der Waals surface area contributed by atoms with Crippen molar-refractivity contribution in [2.75, 3.05) is 13.2 Å². The Morgan fingerprint density at radius 2 is 0.476 bits per heavy atom. The Morgan fingerprint density at radius 3 is 0.756 bits per heavy atom. The van der Waals surface area contributed by atoms with Gasteiger partial charge in [-0.2, -0.15) is 0 Å². The zero-order valence-corrected chi connectivity index (χ0v) is 52.9. The summed E-state index contributed by atoms with van der Waals surface area (Å²) >= 11 is 0. The lowest BCUT2D eigenvalue weighted by atomic mass is 10.1. The van der Waals surface area contributed by atoms with Crippen LogP contribution in [0.3, 0.4) is 0 Å². The van der Waals surface area contributed by atoms with Crippen LogP contribution in [0.1, 0.15) is 284 Å². The van der Waals surface area contributed by atoms with Gasteiger partial charge in [-0.15, -0.1) is 0 Å². The van der Waals surface area contributed by atoms with E-state index in [0.717, 1.165) is 161 Å². The smallest absolute Gasteiger partial charge is 0.306 e. The fourth-order valence-electron chi connectivity index (χ4n) is 8.80. The third-order valence-corrected chi connectivity index (χ3v) is 13.7. The molecule has 0 aliphatic rings. The second-order valence-corrected chi connectivity index (χ2v) is 21.6. The Kier molecular flexibility index (Phi) is 64.4. The van der Waals surface area contributed by atoms with Crippen LogP contribution < -0.4 is 0 Å². The Hall–Kier alpha value is -4.97. The van der Waals surface area contributed by atoms with E-state index in [0.29, 0.717) is 12.8 Å². The van der Waals surface area contributed by atoms with Crippen molar-refractivity contribution in [3.8, 4) is 0 Å². The largest absolute Gasteiger partial charge is 0.462 e. The van der Waals surface area contributed by atoms with Crippen LogP contribution >= 0.6 is 0 Å². The maximum Gasteiger partial charge on any atom is 0.306 e. The highest BCUT2D eigenvalue weighted by Crippen LogP contribution is 2.14. The molecule has 0 aromatic rings. The van der Waals surface area contributed by atoms with E-state index in [2.05, 4.69) is 179 Å². The quantitative estimate of drug-likeness (QED) is 0.0261. The second kappa shape index (κ2) is 68.5. The van der Waals surface area contributed by atoms with E-state index in [-0.39, 0.29) is 37.5 Å². The van der Waals surface area contributed by atoms with Crippen LogP contribution in [0.4, 0.5) is 0 Å². The molecule has 0 aliphatic carbocycles. The molecule has 0 aromatic carbocycles. The summed E-state index contributed by atoms with van der Waals surface area (Å²) in [6.07, 6.45) is 99.6. The van der Waals surface area contributed by atoms with Gasteiger partial charge in [0.15, 0.2) is 6.10 Å². The Bertz CT molecular complexity index is 1830. The zero-order valence-electron chi connectivity index (χ0n) is 52.9. The molecule has 6 nitrogen and oxygen atoms in total. The highest BCUT2D eigenvalue weighted by molar-refractivity contribution is 5.71. The molecule has 462 valence electrons. The van der Waals surface area contributed by atoms with Gasteiger partial charge >= 0.3 is 17.9 Å². The van der Waals surface area contributed by atoms with E-state index < -0.39 is 6.10 Å². The lowest BCUT2D eigenvalue weighted by Crippen LogP contribution is -2.30. The Morgan fingerprint density at radius 1 is 0.256 bits per heavy atom. The van der Waals surface area contributed by atoms with Gasteiger partial charge in [0.05, 0.1) is 0 Å². The summed E-state index contributed by atoms with van der Waals surface area (Å²) < 4.78 is 16.9. The molecule has 0 aliphatic heterocycles. The molecule has 0 aromatic heterocycles. The lowest BCUT2D eigenvalue weighted by molar-refractivity contribution is -0.167. The first-order chi connectivity index (χ1) is 40.5. The molecular weight excluding hydrogens is 1010 g/mol. The number of carbonyl (C=O) groups excluding carboxylic acids is 3. The van der Waals surface area contributed by atoms with Crippen LogP contribution in [0.2, 0.25) is 0 Å². The highest BCUT2D eigenvalue weighted by atomic mass is 16.6. The van der Waals surface area contributed by atoms with E-state index in [1.807, 2.05) is 0 Å². The van der Waals surface area contributed by atoms with Gasteiger partial charge in [0, 0.05) is 19.3 Å². The van der Waals surface area contributed by atoms with Gasteiger partial charge in [0.25, 0.3) is 0 Å². The van der Waals surface area contributed by atoms with Gasteiger partial charge in [-0.25, -0.2) is 0 Å². The fraction of sp³-hybridized carbons (Fsp3) is 0.618. The first kappa shape index (κ1) is 77.0. The summed E-state index contributed by atoms with van der Waals surface area (Å²) in [7, 11) is 0. The van der Waals surface area contributed by atoms with Crippen LogP contribution in [-0.2, 0) is 28.6 Å². The van der Waals surface area contributed by atoms with Crippen molar-refractivity contribution in [3.63, 3.8) is 0 Å². The van der Waals surface area contributed by atoms with Crippen LogP contribution in [0.25, 0.3) is 0 Å². The predicted molar refractivity (Wildman–Crippen MR) is 357 cm³/mol. The van der Waals surface area contributed by atoms with Crippen LogP contribution in [-0.4, -0.2) is 37.2 Å². The number of rotatable bonds is 59. The highest BCUT2D eigenvalue weighted by Gasteiger charge is 2.19. The van der Waals surface area contributed by atoms with Gasteiger partial charge in [0.1, 0.15) is 13.2 Å². The van der Waals surface area contributed by atoms with E-state index in [9.17, 15) is 14.4 Å². The standard InChI is InChI=1S/C76H122O6/c1-4-7-10-13-16-19-22-25-28-31-34-36-38-40-42-45-48-51-54-57-60-63-66-69-75(78)81-72-73(71-80-74(77)68-65-62-59-56-53-50-47-44-33-30-27-24-21-18-15-12-9-6-3)82-76(79)70-67-64-61-58-55-52-49-46-43-41-39-37-35-32-29-26-23-20-17-14-11-8-5-2/h7-8,10-11,16-17,19-20,25-26,28-30,33-37,40-43,48-49,51-52,73H,4-6,9,12-15,18,21-24,27,31-32,38-39,44-47,50,53-72H2,1-3H3/b10-7-,11-8-,19-16-,20-17-,28-25-,29-26-,33-30-,36-34-,37-35-,42-40-,43-41-,51-48-,52-49-. The summed E-state index contributed by atoms with van der Waals surface area (Å²) in [6, 6.07) is 0.